The monoisotopic (exact) mass is 328 g/mol. The number of benzene rings is 1. The minimum absolute atomic E-state index is 0.0336. The van der Waals surface area contributed by atoms with E-state index in [-0.39, 0.29) is 12.6 Å². The maximum absolute atomic E-state index is 11.9. The number of furan rings is 1. The fourth-order valence-electron chi connectivity index (χ4n) is 2.07. The smallest absolute Gasteiger partial charge is 0.338 e. The highest BCUT2D eigenvalue weighted by molar-refractivity contribution is 5.92. The summed E-state index contributed by atoms with van der Waals surface area (Å²) in [5.74, 6) is 0.265. The van der Waals surface area contributed by atoms with Crippen LogP contribution in [-0.2, 0) is 20.9 Å². The topological polar surface area (TPSA) is 65.7 Å². The van der Waals surface area contributed by atoms with E-state index in [9.17, 15) is 9.59 Å². The Balaban J connectivity index is 2.03. The summed E-state index contributed by atoms with van der Waals surface area (Å²) in [6.45, 7) is 5.62. The molecule has 0 aliphatic heterocycles. The van der Waals surface area contributed by atoms with Gasteiger partial charge in [0, 0.05) is 5.57 Å². The van der Waals surface area contributed by atoms with Crippen LogP contribution in [0.3, 0.4) is 0 Å². The van der Waals surface area contributed by atoms with Gasteiger partial charge in [0.2, 0.25) is 0 Å². The zero-order chi connectivity index (χ0) is 17.5. The van der Waals surface area contributed by atoms with Gasteiger partial charge in [0.05, 0.1) is 12.2 Å². The Bertz CT molecular complexity index is 740. The van der Waals surface area contributed by atoms with E-state index in [1.807, 2.05) is 13.0 Å². The van der Waals surface area contributed by atoms with Crippen molar-refractivity contribution in [3.8, 4) is 0 Å². The van der Waals surface area contributed by atoms with Crippen molar-refractivity contribution in [2.24, 2.45) is 0 Å². The van der Waals surface area contributed by atoms with Gasteiger partial charge < -0.3 is 13.9 Å². The molecular formula is C19H20O5. The summed E-state index contributed by atoms with van der Waals surface area (Å²) in [4.78, 5) is 23.5. The molecule has 0 aliphatic rings. The lowest BCUT2D eigenvalue weighted by atomic mass is 10.2. The standard InChI is InChI=1S/C19H20O5/c1-4-22-18(20)14(3)11-16-10-13(2)17(24-16)12-23-19(21)15-8-6-5-7-9-15/h5-11H,4,12H2,1-3H3/b14-11+. The molecule has 0 saturated heterocycles. The summed E-state index contributed by atoms with van der Waals surface area (Å²) in [6, 6.07) is 10.5. The highest BCUT2D eigenvalue weighted by Gasteiger charge is 2.12. The predicted molar refractivity (Wildman–Crippen MR) is 89.3 cm³/mol. The van der Waals surface area contributed by atoms with E-state index in [0.717, 1.165) is 5.56 Å². The normalized spacial score (nSPS) is 11.2. The van der Waals surface area contributed by atoms with Crippen molar-refractivity contribution in [1.82, 2.24) is 0 Å². The molecule has 0 spiro atoms. The molecule has 2 rings (SSSR count). The average molecular weight is 328 g/mol. The Labute approximate surface area is 140 Å². The lowest BCUT2D eigenvalue weighted by molar-refractivity contribution is -0.138. The van der Waals surface area contributed by atoms with Gasteiger partial charge in [-0.25, -0.2) is 9.59 Å². The second-order valence-corrected chi connectivity index (χ2v) is 5.24. The van der Waals surface area contributed by atoms with Crippen LogP contribution in [0.5, 0.6) is 0 Å². The van der Waals surface area contributed by atoms with Gasteiger partial charge in [-0.3, -0.25) is 0 Å². The molecule has 5 heteroatoms. The van der Waals surface area contributed by atoms with Crippen molar-refractivity contribution in [3.63, 3.8) is 0 Å². The number of ether oxygens (including phenoxy) is 2. The van der Waals surface area contributed by atoms with Crippen LogP contribution in [0.15, 0.2) is 46.4 Å². The van der Waals surface area contributed by atoms with Crippen LogP contribution in [0.2, 0.25) is 0 Å². The number of esters is 2. The summed E-state index contributed by atoms with van der Waals surface area (Å²) in [6.07, 6.45) is 1.60. The van der Waals surface area contributed by atoms with E-state index >= 15 is 0 Å². The lowest BCUT2D eigenvalue weighted by Gasteiger charge is -2.03. The Hall–Kier alpha value is -2.82. The summed E-state index contributed by atoms with van der Waals surface area (Å²) in [5.41, 5.74) is 1.78. The van der Waals surface area contributed by atoms with Crippen molar-refractivity contribution in [2.75, 3.05) is 6.61 Å². The van der Waals surface area contributed by atoms with Crippen molar-refractivity contribution in [1.29, 1.82) is 0 Å². The van der Waals surface area contributed by atoms with E-state index in [4.69, 9.17) is 13.9 Å². The maximum atomic E-state index is 11.9. The summed E-state index contributed by atoms with van der Waals surface area (Å²) in [5, 5.41) is 0. The zero-order valence-corrected chi connectivity index (χ0v) is 14.0. The fraction of sp³-hybridized carbons (Fsp3) is 0.263. The number of aryl methyl sites for hydroxylation is 1. The van der Waals surface area contributed by atoms with Crippen LogP contribution in [-0.4, -0.2) is 18.5 Å². The molecule has 24 heavy (non-hydrogen) atoms. The second-order valence-electron chi connectivity index (χ2n) is 5.24. The molecule has 0 atom stereocenters. The Morgan fingerprint density at radius 3 is 2.54 bits per heavy atom. The van der Waals surface area contributed by atoms with Crippen LogP contribution < -0.4 is 0 Å². The van der Waals surface area contributed by atoms with Gasteiger partial charge in [-0.05, 0) is 50.6 Å². The van der Waals surface area contributed by atoms with E-state index in [0.29, 0.717) is 29.3 Å². The van der Waals surface area contributed by atoms with Gasteiger partial charge >= 0.3 is 11.9 Å². The van der Waals surface area contributed by atoms with Gasteiger partial charge in [-0.2, -0.15) is 0 Å². The van der Waals surface area contributed by atoms with Gasteiger partial charge in [-0.15, -0.1) is 0 Å². The summed E-state index contributed by atoms with van der Waals surface area (Å²) < 4.78 is 15.8. The molecule has 1 aromatic heterocycles. The molecule has 0 saturated carbocycles. The van der Waals surface area contributed by atoms with Crippen molar-refractivity contribution in [3.05, 3.63) is 64.6 Å². The van der Waals surface area contributed by atoms with E-state index in [1.165, 1.54) is 0 Å². The first-order valence-electron chi connectivity index (χ1n) is 7.68. The SMILES string of the molecule is CCOC(=O)/C(C)=C/c1cc(C)c(COC(=O)c2ccccc2)o1. The van der Waals surface area contributed by atoms with Gasteiger partial charge in [0.25, 0.3) is 0 Å². The fourth-order valence-corrected chi connectivity index (χ4v) is 2.07. The van der Waals surface area contributed by atoms with Crippen molar-refractivity contribution < 1.29 is 23.5 Å². The molecule has 5 nitrogen and oxygen atoms in total. The molecule has 1 heterocycles. The third-order valence-corrected chi connectivity index (χ3v) is 3.34. The molecule has 0 fully saturated rings. The minimum Gasteiger partial charge on any atom is -0.463 e. The predicted octanol–water partition coefficient (Wildman–Crippen LogP) is 3.91. The average Bonchev–Trinajstić information content (AvgIpc) is 2.93. The highest BCUT2D eigenvalue weighted by Crippen LogP contribution is 2.19. The first-order valence-corrected chi connectivity index (χ1v) is 7.68. The largest absolute Gasteiger partial charge is 0.463 e. The Morgan fingerprint density at radius 2 is 1.88 bits per heavy atom. The van der Waals surface area contributed by atoms with E-state index < -0.39 is 5.97 Å². The number of carbonyl (C=O) groups excluding carboxylic acids is 2. The lowest BCUT2D eigenvalue weighted by Crippen LogP contribution is -2.05. The molecule has 1 aromatic carbocycles. The molecule has 2 aromatic rings. The van der Waals surface area contributed by atoms with Gasteiger partial charge in [0.15, 0.2) is 0 Å². The molecular weight excluding hydrogens is 308 g/mol. The molecule has 0 N–H and O–H groups in total. The van der Waals surface area contributed by atoms with Crippen LogP contribution in [0.1, 0.15) is 41.3 Å². The molecule has 0 radical (unpaired) electrons. The molecule has 126 valence electrons. The van der Waals surface area contributed by atoms with Crippen molar-refractivity contribution >= 4 is 18.0 Å². The quantitative estimate of drug-likeness (QED) is 0.594. The van der Waals surface area contributed by atoms with E-state index in [1.54, 1.807) is 50.3 Å². The highest BCUT2D eigenvalue weighted by atomic mass is 16.5. The summed E-state index contributed by atoms with van der Waals surface area (Å²) >= 11 is 0. The third-order valence-electron chi connectivity index (χ3n) is 3.34. The van der Waals surface area contributed by atoms with E-state index in [2.05, 4.69) is 0 Å². The second kappa shape index (κ2) is 8.15. The molecule has 0 amide bonds. The molecule has 0 aliphatic carbocycles. The number of rotatable bonds is 6. The molecule has 0 unspecified atom stereocenters. The van der Waals surface area contributed by atoms with Crippen LogP contribution in [0.25, 0.3) is 6.08 Å². The maximum Gasteiger partial charge on any atom is 0.338 e. The van der Waals surface area contributed by atoms with Gasteiger partial charge in [0.1, 0.15) is 18.1 Å². The summed E-state index contributed by atoms with van der Waals surface area (Å²) in [7, 11) is 0. The Kier molecular flexibility index (Phi) is 5.95. The number of hydrogen-bond acceptors (Lipinski definition) is 5. The number of hydrogen-bond donors (Lipinski definition) is 0. The number of carbonyl (C=O) groups is 2. The third kappa shape index (κ3) is 4.59. The van der Waals surface area contributed by atoms with Crippen molar-refractivity contribution in [2.45, 2.75) is 27.4 Å². The van der Waals surface area contributed by atoms with Crippen LogP contribution in [0, 0.1) is 6.92 Å². The Morgan fingerprint density at radius 1 is 1.17 bits per heavy atom. The first kappa shape index (κ1) is 17.5. The molecule has 0 bridgehead atoms. The zero-order valence-electron chi connectivity index (χ0n) is 14.0. The van der Waals surface area contributed by atoms with Crippen LogP contribution in [0.4, 0.5) is 0 Å². The minimum atomic E-state index is -0.411. The first-order chi connectivity index (χ1) is 11.5. The van der Waals surface area contributed by atoms with Crippen LogP contribution >= 0.6 is 0 Å². The van der Waals surface area contributed by atoms with Gasteiger partial charge in [-0.1, -0.05) is 18.2 Å².